The van der Waals surface area contributed by atoms with Gasteiger partial charge in [-0.05, 0) is 17.7 Å². The minimum absolute atomic E-state index is 0.779. The van der Waals surface area contributed by atoms with Crippen LogP contribution in [-0.2, 0) is 5.75 Å². The van der Waals surface area contributed by atoms with E-state index in [9.17, 15) is 0 Å². The number of nitrogens with two attached hydrogens (primary N) is 1. The number of hydrazine groups is 1. The number of thioether (sulfide) groups is 1. The van der Waals surface area contributed by atoms with E-state index in [0.29, 0.717) is 0 Å². The molecule has 0 aromatic carbocycles. The lowest BCUT2D eigenvalue weighted by Crippen LogP contribution is -2.10. The molecule has 0 aliphatic heterocycles. The smallest absolute Gasteiger partial charge is 0.143 e. The first-order chi connectivity index (χ1) is 7.27. The molecule has 15 heavy (non-hydrogen) atoms. The van der Waals surface area contributed by atoms with Gasteiger partial charge in [0.25, 0.3) is 0 Å². The van der Waals surface area contributed by atoms with E-state index in [1.807, 2.05) is 17.8 Å². The van der Waals surface area contributed by atoms with Crippen molar-refractivity contribution in [3.63, 3.8) is 0 Å². The van der Waals surface area contributed by atoms with Crippen LogP contribution in [0.4, 0.5) is 5.82 Å². The molecule has 1 heterocycles. The van der Waals surface area contributed by atoms with Crippen LogP contribution >= 0.6 is 11.8 Å². The zero-order chi connectivity index (χ0) is 11.1. The van der Waals surface area contributed by atoms with Crippen molar-refractivity contribution in [3.8, 4) is 0 Å². The molecule has 4 heteroatoms. The molecule has 1 unspecified atom stereocenters. The Morgan fingerprint density at radius 3 is 3.07 bits per heavy atom. The van der Waals surface area contributed by atoms with Gasteiger partial charge in [0, 0.05) is 17.5 Å². The summed E-state index contributed by atoms with van der Waals surface area (Å²) < 4.78 is 0. The van der Waals surface area contributed by atoms with E-state index in [2.05, 4.69) is 30.3 Å². The summed E-state index contributed by atoms with van der Waals surface area (Å²) in [6.45, 7) is 4.50. The summed E-state index contributed by atoms with van der Waals surface area (Å²) in [4.78, 5) is 4.17. The highest BCUT2D eigenvalue weighted by molar-refractivity contribution is 7.98. The van der Waals surface area contributed by atoms with Crippen LogP contribution in [0.1, 0.15) is 25.8 Å². The summed E-state index contributed by atoms with van der Waals surface area (Å²) >= 11 is 1.93. The molecule has 3 N–H and O–H groups in total. The Labute approximate surface area is 95.8 Å². The summed E-state index contributed by atoms with van der Waals surface area (Å²) in [5, 5.41) is 0. The number of nitrogens with one attached hydrogen (secondary N) is 1. The van der Waals surface area contributed by atoms with Gasteiger partial charge in [0.05, 0.1) is 0 Å². The molecule has 3 nitrogen and oxygen atoms in total. The first-order valence-corrected chi connectivity index (χ1v) is 6.41. The molecule has 1 aromatic heterocycles. The summed E-state index contributed by atoms with van der Waals surface area (Å²) in [7, 11) is 0. The van der Waals surface area contributed by atoms with Crippen molar-refractivity contribution < 1.29 is 0 Å². The summed E-state index contributed by atoms with van der Waals surface area (Å²) in [6, 6.07) is 4.01. The molecule has 0 saturated carbocycles. The van der Waals surface area contributed by atoms with Crippen LogP contribution in [0.15, 0.2) is 18.3 Å². The van der Waals surface area contributed by atoms with Crippen molar-refractivity contribution in [3.05, 3.63) is 23.9 Å². The van der Waals surface area contributed by atoms with Gasteiger partial charge in [-0.1, -0.05) is 26.3 Å². The number of nitrogen functional groups attached to an aromatic ring is 1. The molecule has 0 aliphatic carbocycles. The Morgan fingerprint density at radius 2 is 2.40 bits per heavy atom. The third-order valence-corrected chi connectivity index (χ3v) is 3.70. The standard InChI is InChI=1S/C11H19N3S/c1-3-9(2)7-15-8-10-5-4-6-13-11(10)14-12/h4-6,9H,3,7-8,12H2,1-2H3,(H,13,14). The van der Waals surface area contributed by atoms with Crippen LogP contribution in [0.2, 0.25) is 0 Å². The molecule has 84 valence electrons. The predicted molar refractivity (Wildman–Crippen MR) is 67.7 cm³/mol. The molecule has 1 rings (SSSR count). The average Bonchev–Trinajstić information content (AvgIpc) is 2.29. The fourth-order valence-corrected chi connectivity index (χ4v) is 2.38. The molecule has 1 atom stereocenters. The summed E-state index contributed by atoms with van der Waals surface area (Å²) in [5.74, 6) is 9.11. The van der Waals surface area contributed by atoms with E-state index >= 15 is 0 Å². The van der Waals surface area contributed by atoms with E-state index in [-0.39, 0.29) is 0 Å². The van der Waals surface area contributed by atoms with Gasteiger partial charge < -0.3 is 5.43 Å². The van der Waals surface area contributed by atoms with Crippen molar-refractivity contribution in [1.82, 2.24) is 4.98 Å². The number of pyridine rings is 1. The lowest BCUT2D eigenvalue weighted by molar-refractivity contribution is 0.637. The third-order valence-electron chi connectivity index (χ3n) is 2.38. The molecule has 0 aliphatic rings. The Bertz CT molecular complexity index is 291. The first-order valence-electron chi connectivity index (χ1n) is 5.26. The molecule has 0 fully saturated rings. The van der Waals surface area contributed by atoms with E-state index in [4.69, 9.17) is 5.84 Å². The van der Waals surface area contributed by atoms with Crippen LogP contribution in [0, 0.1) is 5.92 Å². The van der Waals surface area contributed by atoms with E-state index < -0.39 is 0 Å². The van der Waals surface area contributed by atoms with Crippen LogP contribution in [0.3, 0.4) is 0 Å². The Balaban J connectivity index is 2.43. The predicted octanol–water partition coefficient (Wildman–Crippen LogP) is 2.65. The second-order valence-electron chi connectivity index (χ2n) is 3.68. The SMILES string of the molecule is CCC(C)CSCc1cccnc1NN. The van der Waals surface area contributed by atoms with Crippen LogP contribution < -0.4 is 11.3 Å². The third kappa shape index (κ3) is 4.10. The Morgan fingerprint density at radius 1 is 1.60 bits per heavy atom. The van der Waals surface area contributed by atoms with Gasteiger partial charge in [-0.15, -0.1) is 0 Å². The molecule has 0 bridgehead atoms. The Hall–Kier alpha value is -0.740. The van der Waals surface area contributed by atoms with Crippen molar-refractivity contribution in [2.75, 3.05) is 11.2 Å². The monoisotopic (exact) mass is 225 g/mol. The Kier molecular flexibility index (Phi) is 5.50. The quantitative estimate of drug-likeness (QED) is 0.577. The zero-order valence-electron chi connectivity index (χ0n) is 9.36. The average molecular weight is 225 g/mol. The van der Waals surface area contributed by atoms with E-state index in [0.717, 1.165) is 17.5 Å². The topological polar surface area (TPSA) is 50.9 Å². The van der Waals surface area contributed by atoms with Crippen molar-refractivity contribution in [2.45, 2.75) is 26.0 Å². The molecule has 0 saturated heterocycles. The van der Waals surface area contributed by atoms with Crippen LogP contribution in [0.25, 0.3) is 0 Å². The maximum Gasteiger partial charge on any atom is 0.143 e. The number of aromatic nitrogens is 1. The lowest BCUT2D eigenvalue weighted by atomic mass is 10.2. The zero-order valence-corrected chi connectivity index (χ0v) is 10.2. The van der Waals surface area contributed by atoms with Crippen molar-refractivity contribution in [1.29, 1.82) is 0 Å². The van der Waals surface area contributed by atoms with Gasteiger partial charge in [0.2, 0.25) is 0 Å². The van der Waals surface area contributed by atoms with Gasteiger partial charge in [0.1, 0.15) is 5.82 Å². The van der Waals surface area contributed by atoms with Gasteiger partial charge >= 0.3 is 0 Å². The number of hydrogen-bond acceptors (Lipinski definition) is 4. The van der Waals surface area contributed by atoms with Gasteiger partial charge in [-0.25, -0.2) is 10.8 Å². The molecule has 0 radical (unpaired) electrons. The highest BCUT2D eigenvalue weighted by Crippen LogP contribution is 2.20. The molecule has 1 aromatic rings. The molecule has 0 amide bonds. The van der Waals surface area contributed by atoms with Crippen LogP contribution in [-0.4, -0.2) is 10.7 Å². The van der Waals surface area contributed by atoms with Gasteiger partial charge in [0.15, 0.2) is 0 Å². The van der Waals surface area contributed by atoms with Crippen molar-refractivity contribution >= 4 is 17.6 Å². The number of anilines is 1. The first kappa shape index (κ1) is 12.3. The maximum absolute atomic E-state index is 5.39. The summed E-state index contributed by atoms with van der Waals surface area (Å²) in [5.41, 5.74) is 3.80. The highest BCUT2D eigenvalue weighted by Gasteiger charge is 2.03. The van der Waals surface area contributed by atoms with Gasteiger partial charge in [-0.2, -0.15) is 11.8 Å². The molecular formula is C11H19N3S. The van der Waals surface area contributed by atoms with Crippen LogP contribution in [0.5, 0.6) is 0 Å². The largest absolute Gasteiger partial charge is 0.308 e. The number of hydrogen-bond donors (Lipinski definition) is 2. The maximum atomic E-state index is 5.39. The summed E-state index contributed by atoms with van der Waals surface area (Å²) in [6.07, 6.45) is 2.99. The fraction of sp³-hybridized carbons (Fsp3) is 0.545. The second-order valence-corrected chi connectivity index (χ2v) is 4.71. The van der Waals surface area contributed by atoms with E-state index in [1.165, 1.54) is 17.7 Å². The lowest BCUT2D eigenvalue weighted by Gasteiger charge is -2.09. The number of nitrogens with zero attached hydrogens (tertiary/aromatic N) is 1. The normalized spacial score (nSPS) is 12.5. The minimum atomic E-state index is 0.779. The highest BCUT2D eigenvalue weighted by atomic mass is 32.2. The fourth-order valence-electron chi connectivity index (χ4n) is 1.17. The minimum Gasteiger partial charge on any atom is -0.308 e. The van der Waals surface area contributed by atoms with E-state index in [1.54, 1.807) is 6.20 Å². The second kappa shape index (κ2) is 6.69. The molecular weight excluding hydrogens is 206 g/mol. The van der Waals surface area contributed by atoms with Gasteiger partial charge in [-0.3, -0.25) is 0 Å². The number of rotatable bonds is 6. The molecule has 0 spiro atoms. The van der Waals surface area contributed by atoms with Crippen molar-refractivity contribution in [2.24, 2.45) is 11.8 Å².